The van der Waals surface area contributed by atoms with Crippen molar-refractivity contribution in [2.24, 2.45) is 11.8 Å². The molecule has 2 saturated heterocycles. The average molecular weight is 340 g/mol. The van der Waals surface area contributed by atoms with Crippen molar-refractivity contribution in [2.75, 3.05) is 31.3 Å². The monoisotopic (exact) mass is 339 g/mol. The van der Waals surface area contributed by atoms with Gasteiger partial charge in [-0.3, -0.25) is 9.59 Å². The molecule has 6 heteroatoms. The average Bonchev–Trinajstić information content (AvgIpc) is 3.27. The summed E-state index contributed by atoms with van der Waals surface area (Å²) in [7, 11) is 0. The molecule has 0 spiro atoms. The Balaban J connectivity index is 1.44. The van der Waals surface area contributed by atoms with Crippen LogP contribution in [0.15, 0.2) is 0 Å². The van der Waals surface area contributed by atoms with Crippen molar-refractivity contribution in [2.45, 2.75) is 51.0 Å². The van der Waals surface area contributed by atoms with E-state index in [-0.39, 0.29) is 23.8 Å². The van der Waals surface area contributed by atoms with E-state index in [0.29, 0.717) is 11.8 Å². The number of hydrogen-bond acceptors (Lipinski definition) is 4. The van der Waals surface area contributed by atoms with Crippen LogP contribution in [-0.4, -0.2) is 54.0 Å². The highest BCUT2D eigenvalue weighted by atomic mass is 32.2. The summed E-state index contributed by atoms with van der Waals surface area (Å²) < 4.78 is 0. The number of carbonyl (C=O) groups is 2. The maximum atomic E-state index is 12.6. The van der Waals surface area contributed by atoms with E-state index in [1.807, 2.05) is 4.90 Å². The van der Waals surface area contributed by atoms with E-state index in [0.717, 1.165) is 57.5 Å². The van der Waals surface area contributed by atoms with E-state index in [1.54, 1.807) is 11.8 Å². The smallest absolute Gasteiger partial charge is 0.243 e. The fourth-order valence-corrected chi connectivity index (χ4v) is 5.14. The molecule has 1 saturated carbocycles. The van der Waals surface area contributed by atoms with E-state index in [9.17, 15) is 9.59 Å². The molecule has 0 bridgehead atoms. The predicted octanol–water partition coefficient (Wildman–Crippen LogP) is 1.58. The molecule has 23 heavy (non-hydrogen) atoms. The lowest BCUT2D eigenvalue weighted by atomic mass is 9.96. The van der Waals surface area contributed by atoms with Gasteiger partial charge in [-0.25, -0.2) is 0 Å². The molecule has 5 nitrogen and oxygen atoms in total. The molecule has 0 radical (unpaired) electrons. The highest BCUT2D eigenvalue weighted by Gasteiger charge is 2.38. The summed E-state index contributed by atoms with van der Waals surface area (Å²) in [5.41, 5.74) is 0. The minimum absolute atomic E-state index is 0.0464. The summed E-state index contributed by atoms with van der Waals surface area (Å²) >= 11 is 1.70. The Morgan fingerprint density at radius 2 is 2.00 bits per heavy atom. The van der Waals surface area contributed by atoms with Crippen molar-refractivity contribution < 1.29 is 9.59 Å². The first kappa shape index (κ1) is 17.1. The van der Waals surface area contributed by atoms with E-state index >= 15 is 0 Å². The van der Waals surface area contributed by atoms with Crippen molar-refractivity contribution in [1.82, 2.24) is 15.5 Å². The van der Waals surface area contributed by atoms with E-state index in [1.165, 1.54) is 12.8 Å². The van der Waals surface area contributed by atoms with Crippen LogP contribution in [-0.2, 0) is 9.59 Å². The Hall–Kier alpha value is -0.750. The van der Waals surface area contributed by atoms with Crippen LogP contribution in [0.3, 0.4) is 0 Å². The SMILES string of the molecule is O=C(NCCC1CCCNC1)C1CSCN1C(=O)C1CCCC1. The van der Waals surface area contributed by atoms with E-state index in [4.69, 9.17) is 0 Å². The molecule has 2 N–H and O–H groups in total. The Kier molecular flexibility index (Phi) is 6.22. The van der Waals surface area contributed by atoms with Gasteiger partial charge in [-0.2, -0.15) is 0 Å². The zero-order chi connectivity index (χ0) is 16.1. The molecule has 0 aromatic heterocycles. The molecule has 3 aliphatic rings. The fraction of sp³-hybridized carbons (Fsp3) is 0.882. The minimum Gasteiger partial charge on any atom is -0.354 e. The lowest BCUT2D eigenvalue weighted by Gasteiger charge is -2.26. The molecule has 3 fully saturated rings. The van der Waals surface area contributed by atoms with Crippen molar-refractivity contribution >= 4 is 23.6 Å². The van der Waals surface area contributed by atoms with Gasteiger partial charge in [0.1, 0.15) is 6.04 Å². The molecule has 0 aromatic carbocycles. The number of rotatable bonds is 5. The molecule has 130 valence electrons. The summed E-state index contributed by atoms with van der Waals surface area (Å²) in [6.07, 6.45) is 7.85. The number of nitrogens with zero attached hydrogens (tertiary/aromatic N) is 1. The standard InChI is InChI=1S/C17H29N3O2S/c21-16(19-9-7-13-4-3-8-18-10-13)15-11-23-12-20(15)17(22)14-5-1-2-6-14/h13-15,18H,1-12H2,(H,19,21). The molecular weight excluding hydrogens is 310 g/mol. The van der Waals surface area contributed by atoms with E-state index < -0.39 is 0 Å². The largest absolute Gasteiger partial charge is 0.354 e. The Morgan fingerprint density at radius 3 is 2.74 bits per heavy atom. The molecular formula is C17H29N3O2S. The number of amides is 2. The first-order valence-electron chi connectivity index (χ1n) is 9.12. The molecule has 0 aromatic rings. The summed E-state index contributed by atoms with van der Waals surface area (Å²) in [6.45, 7) is 2.93. The minimum atomic E-state index is -0.252. The lowest BCUT2D eigenvalue weighted by Crippen LogP contribution is -2.49. The zero-order valence-corrected chi connectivity index (χ0v) is 14.7. The quantitative estimate of drug-likeness (QED) is 0.798. The molecule has 1 aliphatic carbocycles. The number of thioether (sulfide) groups is 1. The predicted molar refractivity (Wildman–Crippen MR) is 93.1 cm³/mol. The Morgan fingerprint density at radius 1 is 1.17 bits per heavy atom. The number of piperidine rings is 1. The van der Waals surface area contributed by atoms with Gasteiger partial charge in [0.15, 0.2) is 0 Å². The van der Waals surface area contributed by atoms with Gasteiger partial charge in [-0.1, -0.05) is 12.8 Å². The van der Waals surface area contributed by atoms with E-state index in [2.05, 4.69) is 10.6 Å². The molecule has 2 unspecified atom stereocenters. The van der Waals surface area contributed by atoms with Gasteiger partial charge in [0, 0.05) is 18.2 Å². The number of hydrogen-bond donors (Lipinski definition) is 2. The second-order valence-corrected chi connectivity index (χ2v) is 8.10. The third kappa shape index (κ3) is 4.41. The highest BCUT2D eigenvalue weighted by molar-refractivity contribution is 7.99. The van der Waals surface area contributed by atoms with Crippen molar-refractivity contribution in [3.05, 3.63) is 0 Å². The maximum absolute atomic E-state index is 12.6. The Labute approximate surface area is 143 Å². The summed E-state index contributed by atoms with van der Waals surface area (Å²) in [5.74, 6) is 2.53. The van der Waals surface area contributed by atoms with Gasteiger partial charge in [-0.05, 0) is 51.1 Å². The van der Waals surface area contributed by atoms with Crippen LogP contribution in [0.25, 0.3) is 0 Å². The number of carbonyl (C=O) groups excluding carboxylic acids is 2. The van der Waals surface area contributed by atoms with Gasteiger partial charge in [0.05, 0.1) is 5.88 Å². The summed E-state index contributed by atoms with van der Waals surface area (Å²) in [5, 5.41) is 6.49. The molecule has 2 atom stereocenters. The van der Waals surface area contributed by atoms with Crippen LogP contribution < -0.4 is 10.6 Å². The van der Waals surface area contributed by atoms with Gasteiger partial charge < -0.3 is 15.5 Å². The van der Waals surface area contributed by atoms with Gasteiger partial charge in [-0.15, -0.1) is 11.8 Å². The summed E-state index contributed by atoms with van der Waals surface area (Å²) in [4.78, 5) is 26.9. The van der Waals surface area contributed by atoms with Crippen LogP contribution in [0, 0.1) is 11.8 Å². The summed E-state index contributed by atoms with van der Waals surface area (Å²) in [6, 6.07) is -0.252. The van der Waals surface area contributed by atoms with Crippen LogP contribution >= 0.6 is 11.8 Å². The number of nitrogens with one attached hydrogen (secondary N) is 2. The van der Waals surface area contributed by atoms with Crippen molar-refractivity contribution in [3.63, 3.8) is 0 Å². The van der Waals surface area contributed by atoms with Gasteiger partial charge in [0.25, 0.3) is 0 Å². The van der Waals surface area contributed by atoms with Crippen LogP contribution in [0.2, 0.25) is 0 Å². The molecule has 3 rings (SSSR count). The van der Waals surface area contributed by atoms with Gasteiger partial charge >= 0.3 is 0 Å². The van der Waals surface area contributed by atoms with Crippen molar-refractivity contribution in [1.29, 1.82) is 0 Å². The third-order valence-corrected chi connectivity index (χ3v) is 6.44. The zero-order valence-electron chi connectivity index (χ0n) is 13.9. The third-order valence-electron chi connectivity index (χ3n) is 5.42. The van der Waals surface area contributed by atoms with Gasteiger partial charge in [0.2, 0.25) is 11.8 Å². The first-order chi connectivity index (χ1) is 11.3. The van der Waals surface area contributed by atoms with Crippen LogP contribution in [0.4, 0.5) is 0 Å². The lowest BCUT2D eigenvalue weighted by molar-refractivity contribution is -0.141. The normalized spacial score (nSPS) is 29.0. The van der Waals surface area contributed by atoms with Crippen molar-refractivity contribution in [3.8, 4) is 0 Å². The van der Waals surface area contributed by atoms with Crippen LogP contribution in [0.5, 0.6) is 0 Å². The molecule has 2 amide bonds. The topological polar surface area (TPSA) is 61.4 Å². The fourth-order valence-electron chi connectivity index (χ4n) is 3.97. The Bertz CT molecular complexity index is 420. The second kappa shape index (κ2) is 8.38. The first-order valence-corrected chi connectivity index (χ1v) is 10.3. The molecule has 2 heterocycles. The highest BCUT2D eigenvalue weighted by Crippen LogP contribution is 2.30. The van der Waals surface area contributed by atoms with Crippen LogP contribution in [0.1, 0.15) is 44.9 Å². The maximum Gasteiger partial charge on any atom is 0.243 e. The molecule has 2 aliphatic heterocycles. The second-order valence-electron chi connectivity index (χ2n) is 7.10.